The molecule has 4 atom stereocenters. The van der Waals surface area contributed by atoms with E-state index >= 15 is 0 Å². The Hall–Kier alpha value is -2.84. The summed E-state index contributed by atoms with van der Waals surface area (Å²) in [5, 5.41) is 0. The number of amides is 1. The van der Waals surface area contributed by atoms with Crippen LogP contribution in [0.3, 0.4) is 0 Å². The van der Waals surface area contributed by atoms with Crippen molar-refractivity contribution in [3.05, 3.63) is 71.3 Å². The van der Waals surface area contributed by atoms with Crippen LogP contribution in [0.1, 0.15) is 66.9 Å². The highest BCUT2D eigenvalue weighted by molar-refractivity contribution is 7.88. The number of carbonyl (C=O) groups excluding carboxylic acids is 1. The predicted octanol–water partition coefficient (Wildman–Crippen LogP) is 4.49. The van der Waals surface area contributed by atoms with Gasteiger partial charge in [0.05, 0.1) is 12.3 Å². The minimum atomic E-state index is -3.99. The van der Waals surface area contributed by atoms with Crippen molar-refractivity contribution in [2.24, 2.45) is 11.8 Å². The number of hydrogen-bond acceptors (Lipinski definition) is 5. The molecule has 0 aromatic heterocycles. The zero-order valence-corrected chi connectivity index (χ0v) is 22.8. The molecule has 1 spiro atoms. The van der Waals surface area contributed by atoms with Gasteiger partial charge in [-0.2, -0.15) is 13.1 Å². The molecule has 2 heterocycles. The van der Waals surface area contributed by atoms with Crippen LogP contribution in [0.4, 0.5) is 5.69 Å². The fourth-order valence-electron chi connectivity index (χ4n) is 6.79. The van der Waals surface area contributed by atoms with Crippen LogP contribution in [-0.2, 0) is 22.0 Å². The van der Waals surface area contributed by atoms with Crippen LogP contribution in [0, 0.1) is 11.8 Å². The summed E-state index contributed by atoms with van der Waals surface area (Å²) in [5.74, 6) is 1.30. The summed E-state index contributed by atoms with van der Waals surface area (Å²) in [7, 11) is -3.99. The lowest BCUT2D eigenvalue weighted by molar-refractivity contribution is 0.0981. The van der Waals surface area contributed by atoms with Crippen LogP contribution in [0.15, 0.2) is 54.6 Å². The largest absolute Gasteiger partial charge is 0.490 e. The Kier molecular flexibility index (Phi) is 6.72. The molecule has 2 aliphatic heterocycles. The Bertz CT molecular complexity index is 1360. The van der Waals surface area contributed by atoms with Crippen molar-refractivity contribution in [3.8, 4) is 5.75 Å². The molecule has 2 aromatic rings. The molecule has 2 aliphatic carbocycles. The Morgan fingerprint density at radius 3 is 2.71 bits per heavy atom. The highest BCUT2D eigenvalue weighted by Crippen LogP contribution is 2.46. The molecule has 7 nitrogen and oxygen atoms in total. The van der Waals surface area contributed by atoms with E-state index in [-0.39, 0.29) is 11.5 Å². The second-order valence-electron chi connectivity index (χ2n) is 11.6. The lowest BCUT2D eigenvalue weighted by atomic mass is 9.69. The normalized spacial score (nSPS) is 30.7. The van der Waals surface area contributed by atoms with E-state index < -0.39 is 16.1 Å². The lowest BCUT2D eigenvalue weighted by Crippen LogP contribution is -2.48. The first-order valence-corrected chi connectivity index (χ1v) is 15.4. The summed E-state index contributed by atoms with van der Waals surface area (Å²) in [6.45, 7) is 4.12. The number of nitrogens with one attached hydrogen (secondary N) is 2. The fourth-order valence-corrected chi connectivity index (χ4v) is 7.84. The monoisotopic (exact) mass is 535 g/mol. The van der Waals surface area contributed by atoms with E-state index in [0.717, 1.165) is 50.2 Å². The quantitative estimate of drug-likeness (QED) is 0.486. The molecule has 1 fully saturated rings. The van der Waals surface area contributed by atoms with Gasteiger partial charge in [-0.1, -0.05) is 36.4 Å². The molecule has 0 saturated heterocycles. The molecule has 2 bridgehead atoms. The van der Waals surface area contributed by atoms with Gasteiger partial charge < -0.3 is 9.64 Å². The molecule has 1 amide bonds. The third kappa shape index (κ3) is 4.96. The second-order valence-corrected chi connectivity index (χ2v) is 13.1. The van der Waals surface area contributed by atoms with Crippen LogP contribution in [0.5, 0.6) is 5.75 Å². The Morgan fingerprint density at radius 1 is 1.05 bits per heavy atom. The van der Waals surface area contributed by atoms with Crippen molar-refractivity contribution in [2.75, 3.05) is 24.6 Å². The zero-order chi connectivity index (χ0) is 26.3. The zero-order valence-electron chi connectivity index (χ0n) is 22.0. The first-order valence-electron chi connectivity index (χ1n) is 13.9. The molecule has 1 saturated carbocycles. The summed E-state index contributed by atoms with van der Waals surface area (Å²) in [5.41, 5.74) is 3.85. The van der Waals surface area contributed by atoms with Gasteiger partial charge in [0.15, 0.2) is 0 Å². The minimum Gasteiger partial charge on any atom is -0.490 e. The summed E-state index contributed by atoms with van der Waals surface area (Å²) < 4.78 is 36.6. The van der Waals surface area contributed by atoms with Crippen molar-refractivity contribution < 1.29 is 17.9 Å². The lowest BCUT2D eigenvalue weighted by Gasteiger charge is -2.44. The highest BCUT2D eigenvalue weighted by Gasteiger charge is 2.43. The van der Waals surface area contributed by atoms with Crippen LogP contribution < -0.4 is 19.1 Å². The van der Waals surface area contributed by atoms with E-state index in [0.29, 0.717) is 30.4 Å². The van der Waals surface area contributed by atoms with Gasteiger partial charge in [-0.25, -0.2) is 4.72 Å². The van der Waals surface area contributed by atoms with Gasteiger partial charge in [-0.15, -0.1) is 0 Å². The van der Waals surface area contributed by atoms with Gasteiger partial charge in [0, 0.05) is 30.1 Å². The van der Waals surface area contributed by atoms with Crippen molar-refractivity contribution in [2.45, 2.75) is 63.3 Å². The average Bonchev–Trinajstić information content (AvgIpc) is 3.02. The third-order valence-corrected chi connectivity index (χ3v) is 10.1. The Balaban J connectivity index is 1.40. The van der Waals surface area contributed by atoms with Crippen LogP contribution in [0.2, 0.25) is 0 Å². The predicted molar refractivity (Wildman–Crippen MR) is 149 cm³/mol. The number of hydrogen-bond donors (Lipinski definition) is 2. The van der Waals surface area contributed by atoms with E-state index in [1.165, 1.54) is 24.0 Å². The average molecular weight is 536 g/mol. The molecular formula is C30H37N3O4S. The van der Waals surface area contributed by atoms with Crippen molar-refractivity contribution in [1.29, 1.82) is 0 Å². The molecular weight excluding hydrogens is 498 g/mol. The van der Waals surface area contributed by atoms with Gasteiger partial charge in [0.2, 0.25) is 0 Å². The molecule has 202 valence electrons. The standard InChI is InChI=1S/C30H37N3O4S/c1-21-7-2-3-8-22-12-13-25(22)18-33-19-30(16-6-10-23-9-4-5-11-26(23)30)20-37-28-15-14-24(17-27(28)33)29(34)32-38(35,36)31-21/h2-5,9,11,14-15,17,21-22,25,31H,6-8,10,12-13,16,18-20H2,1H3,(H,32,34). The molecule has 2 aromatic carbocycles. The van der Waals surface area contributed by atoms with Gasteiger partial charge in [0.25, 0.3) is 5.91 Å². The van der Waals surface area contributed by atoms with Gasteiger partial charge in [-0.05, 0) is 93.0 Å². The number of aryl methyl sites for hydroxylation is 1. The number of ether oxygens (including phenoxy) is 1. The summed E-state index contributed by atoms with van der Waals surface area (Å²) >= 11 is 0. The number of fused-ring (bicyclic) bond motifs is 4. The number of anilines is 1. The summed E-state index contributed by atoms with van der Waals surface area (Å²) in [6, 6.07) is 13.8. The fraction of sp³-hybridized carbons (Fsp3) is 0.500. The van der Waals surface area contributed by atoms with Crippen LogP contribution >= 0.6 is 0 Å². The van der Waals surface area contributed by atoms with E-state index in [1.807, 2.05) is 12.1 Å². The van der Waals surface area contributed by atoms with E-state index in [2.05, 4.69) is 50.8 Å². The number of carbonyl (C=O) groups is 1. The maximum absolute atomic E-state index is 13.1. The first-order chi connectivity index (χ1) is 18.3. The van der Waals surface area contributed by atoms with Gasteiger partial charge >= 0.3 is 10.2 Å². The molecule has 0 radical (unpaired) electrons. The Morgan fingerprint density at radius 2 is 1.87 bits per heavy atom. The molecule has 6 rings (SSSR count). The Labute approximate surface area is 225 Å². The maximum atomic E-state index is 13.1. The first kappa shape index (κ1) is 25.4. The second kappa shape index (κ2) is 10.0. The molecule has 2 N–H and O–H groups in total. The van der Waals surface area contributed by atoms with Crippen molar-refractivity contribution in [3.63, 3.8) is 0 Å². The molecule has 38 heavy (non-hydrogen) atoms. The summed E-state index contributed by atoms with van der Waals surface area (Å²) in [4.78, 5) is 15.5. The molecule has 4 unspecified atom stereocenters. The topological polar surface area (TPSA) is 87.7 Å². The number of allylic oxidation sites excluding steroid dienone is 1. The van der Waals surface area contributed by atoms with Gasteiger partial charge in [0.1, 0.15) is 5.75 Å². The van der Waals surface area contributed by atoms with Crippen LogP contribution in [-0.4, -0.2) is 40.1 Å². The van der Waals surface area contributed by atoms with Gasteiger partial charge in [-0.3, -0.25) is 4.79 Å². The summed E-state index contributed by atoms with van der Waals surface area (Å²) in [6.07, 6.45) is 11.5. The highest BCUT2D eigenvalue weighted by atomic mass is 32.2. The van der Waals surface area contributed by atoms with E-state index in [4.69, 9.17) is 4.74 Å². The number of rotatable bonds is 0. The maximum Gasteiger partial charge on any atom is 0.301 e. The number of nitrogens with zero attached hydrogens (tertiary/aromatic N) is 1. The minimum absolute atomic E-state index is 0.125. The van der Waals surface area contributed by atoms with E-state index in [9.17, 15) is 13.2 Å². The third-order valence-electron chi connectivity index (χ3n) is 8.96. The smallest absolute Gasteiger partial charge is 0.301 e. The SMILES string of the molecule is CC1CC=CCC2CCC2CN2CC3(CCCc4ccccc43)COc3ccc(cc32)C(=O)NS(=O)(=O)N1. The van der Waals surface area contributed by atoms with E-state index in [1.54, 1.807) is 13.0 Å². The molecule has 4 aliphatic rings. The molecule has 8 heteroatoms. The number of benzene rings is 2. The van der Waals surface area contributed by atoms with Crippen LogP contribution in [0.25, 0.3) is 0 Å². The van der Waals surface area contributed by atoms with Crippen molar-refractivity contribution >= 4 is 21.8 Å². The van der Waals surface area contributed by atoms with Crippen molar-refractivity contribution in [1.82, 2.24) is 9.44 Å².